The molecule has 3 aromatic heterocycles. The first-order chi connectivity index (χ1) is 13.8. The van der Waals surface area contributed by atoms with E-state index in [0.717, 1.165) is 28.3 Å². The van der Waals surface area contributed by atoms with Gasteiger partial charge in [0.1, 0.15) is 5.03 Å². The van der Waals surface area contributed by atoms with Crippen LogP contribution in [0.1, 0.15) is 21.5 Å². The Morgan fingerprint density at radius 2 is 1.89 bits per heavy atom. The Balaban J connectivity index is 1.38. The lowest BCUT2D eigenvalue weighted by Crippen LogP contribution is -2.26. The molecule has 0 radical (unpaired) electrons. The molecule has 28 heavy (non-hydrogen) atoms. The summed E-state index contributed by atoms with van der Waals surface area (Å²) in [5, 5.41) is 4.96. The third-order valence-electron chi connectivity index (χ3n) is 4.50. The van der Waals surface area contributed by atoms with Crippen LogP contribution in [0.2, 0.25) is 0 Å². The molecule has 0 unspecified atom stereocenters. The van der Waals surface area contributed by atoms with Crippen LogP contribution in [0.4, 0.5) is 0 Å². The van der Waals surface area contributed by atoms with E-state index >= 15 is 0 Å². The molecule has 5 nitrogen and oxygen atoms in total. The molecule has 6 heteroatoms. The molecule has 0 aliphatic rings. The summed E-state index contributed by atoms with van der Waals surface area (Å²) in [4.78, 5) is 24.4. The normalized spacial score (nSPS) is 10.9. The van der Waals surface area contributed by atoms with Gasteiger partial charge in [0.05, 0.1) is 5.56 Å². The van der Waals surface area contributed by atoms with E-state index in [-0.39, 0.29) is 5.91 Å². The van der Waals surface area contributed by atoms with Crippen LogP contribution >= 0.6 is 11.8 Å². The number of benzene rings is 1. The first-order valence-electron chi connectivity index (χ1n) is 9.11. The van der Waals surface area contributed by atoms with Gasteiger partial charge in [-0.1, -0.05) is 18.2 Å². The predicted octanol–water partition coefficient (Wildman–Crippen LogP) is 4.22. The van der Waals surface area contributed by atoms with Gasteiger partial charge in [0, 0.05) is 48.0 Å². The molecule has 0 fully saturated rings. The number of para-hydroxylation sites is 1. The molecule has 0 atom stereocenters. The van der Waals surface area contributed by atoms with Gasteiger partial charge in [-0.2, -0.15) is 0 Å². The Morgan fingerprint density at radius 3 is 2.79 bits per heavy atom. The summed E-state index contributed by atoms with van der Waals surface area (Å²) < 4.78 is 0. The van der Waals surface area contributed by atoms with Crippen LogP contribution in [0.5, 0.6) is 0 Å². The fourth-order valence-corrected chi connectivity index (χ4v) is 4.00. The van der Waals surface area contributed by atoms with Crippen molar-refractivity contribution in [3.8, 4) is 0 Å². The number of aromatic amines is 1. The molecular formula is C22H20N4OS. The van der Waals surface area contributed by atoms with Crippen LogP contribution in [-0.2, 0) is 12.2 Å². The number of carbonyl (C=O) groups is 1. The molecule has 2 N–H and O–H groups in total. The van der Waals surface area contributed by atoms with Crippen molar-refractivity contribution in [3.05, 3.63) is 90.0 Å². The maximum absolute atomic E-state index is 12.7. The van der Waals surface area contributed by atoms with E-state index in [2.05, 4.69) is 32.4 Å². The predicted molar refractivity (Wildman–Crippen MR) is 112 cm³/mol. The maximum atomic E-state index is 12.7. The summed E-state index contributed by atoms with van der Waals surface area (Å²) in [5.41, 5.74) is 4.08. The van der Waals surface area contributed by atoms with Gasteiger partial charge in [0.25, 0.3) is 5.91 Å². The minimum atomic E-state index is -0.0924. The second kappa shape index (κ2) is 8.71. The monoisotopic (exact) mass is 388 g/mol. The van der Waals surface area contributed by atoms with Crippen LogP contribution in [0, 0.1) is 0 Å². The van der Waals surface area contributed by atoms with Crippen LogP contribution in [0.25, 0.3) is 10.9 Å². The number of pyridine rings is 2. The fourth-order valence-electron chi connectivity index (χ4n) is 3.05. The molecular weight excluding hydrogens is 368 g/mol. The molecule has 0 aliphatic heterocycles. The highest BCUT2D eigenvalue weighted by atomic mass is 32.2. The van der Waals surface area contributed by atoms with Crippen LogP contribution < -0.4 is 5.32 Å². The molecule has 4 rings (SSSR count). The molecule has 4 aromatic rings. The van der Waals surface area contributed by atoms with Crippen LogP contribution in [0.3, 0.4) is 0 Å². The van der Waals surface area contributed by atoms with E-state index in [0.29, 0.717) is 12.1 Å². The molecule has 0 saturated carbocycles. The van der Waals surface area contributed by atoms with Gasteiger partial charge in [0.15, 0.2) is 0 Å². The molecule has 140 valence electrons. The Morgan fingerprint density at radius 1 is 1.04 bits per heavy atom. The summed E-state index contributed by atoms with van der Waals surface area (Å²) >= 11 is 1.56. The first kappa shape index (κ1) is 18.3. The van der Waals surface area contributed by atoms with Crippen LogP contribution in [0.15, 0.2) is 78.3 Å². The lowest BCUT2D eigenvalue weighted by atomic mass is 10.1. The quantitative estimate of drug-likeness (QED) is 0.465. The lowest BCUT2D eigenvalue weighted by Gasteiger charge is -2.09. The number of nitrogens with zero attached hydrogens (tertiary/aromatic N) is 2. The van der Waals surface area contributed by atoms with Crippen LogP contribution in [-0.4, -0.2) is 27.4 Å². The largest absolute Gasteiger partial charge is 0.361 e. The topological polar surface area (TPSA) is 70.7 Å². The summed E-state index contributed by atoms with van der Waals surface area (Å²) in [6, 6.07) is 15.7. The Kier molecular flexibility index (Phi) is 5.68. The number of amides is 1. The number of rotatable bonds is 7. The smallest absolute Gasteiger partial charge is 0.254 e. The van der Waals surface area contributed by atoms with Crippen molar-refractivity contribution in [1.82, 2.24) is 20.3 Å². The lowest BCUT2D eigenvalue weighted by molar-refractivity contribution is 0.0950. The minimum Gasteiger partial charge on any atom is -0.361 e. The Labute approximate surface area is 167 Å². The van der Waals surface area contributed by atoms with Gasteiger partial charge in [-0.25, -0.2) is 4.98 Å². The van der Waals surface area contributed by atoms with Gasteiger partial charge in [-0.15, -0.1) is 11.8 Å². The summed E-state index contributed by atoms with van der Waals surface area (Å²) in [6.07, 6.45) is 8.04. The van der Waals surface area contributed by atoms with Gasteiger partial charge >= 0.3 is 0 Å². The van der Waals surface area contributed by atoms with Crippen molar-refractivity contribution in [1.29, 1.82) is 0 Å². The molecule has 1 amide bonds. The average Bonchev–Trinajstić information content (AvgIpc) is 3.16. The molecule has 0 bridgehead atoms. The van der Waals surface area contributed by atoms with Crippen molar-refractivity contribution in [2.24, 2.45) is 0 Å². The molecule has 1 aromatic carbocycles. The summed E-state index contributed by atoms with van der Waals surface area (Å²) in [7, 11) is 0. The van der Waals surface area contributed by atoms with Crippen molar-refractivity contribution in [2.45, 2.75) is 17.2 Å². The SMILES string of the molecule is O=C(NCCc1c[nH]c2ccccc12)c1cccnc1SCc1ccncc1. The first-order valence-corrected chi connectivity index (χ1v) is 10.1. The summed E-state index contributed by atoms with van der Waals surface area (Å²) in [6.45, 7) is 0.573. The van der Waals surface area contributed by atoms with Crippen molar-refractivity contribution >= 4 is 28.6 Å². The number of carbonyl (C=O) groups excluding carboxylic acids is 1. The van der Waals surface area contributed by atoms with Crippen molar-refractivity contribution in [3.63, 3.8) is 0 Å². The number of aromatic nitrogens is 3. The van der Waals surface area contributed by atoms with Gasteiger partial charge in [-0.05, 0) is 47.9 Å². The number of nitrogens with one attached hydrogen (secondary N) is 2. The highest BCUT2D eigenvalue weighted by Gasteiger charge is 2.13. The number of H-pyrrole nitrogens is 1. The molecule has 0 aliphatic carbocycles. The number of thioether (sulfide) groups is 1. The van der Waals surface area contributed by atoms with E-state index in [1.54, 1.807) is 36.4 Å². The Hall–Kier alpha value is -3.12. The minimum absolute atomic E-state index is 0.0924. The number of fused-ring (bicyclic) bond motifs is 1. The average molecular weight is 388 g/mol. The molecule has 0 saturated heterocycles. The molecule has 3 heterocycles. The van der Waals surface area contributed by atoms with Crippen molar-refractivity contribution in [2.75, 3.05) is 6.54 Å². The highest BCUT2D eigenvalue weighted by Crippen LogP contribution is 2.24. The zero-order valence-electron chi connectivity index (χ0n) is 15.3. The summed E-state index contributed by atoms with van der Waals surface area (Å²) in [5.74, 6) is 0.653. The second-order valence-electron chi connectivity index (χ2n) is 6.37. The van der Waals surface area contributed by atoms with Gasteiger partial charge in [-0.3, -0.25) is 9.78 Å². The fraction of sp³-hybridized carbons (Fsp3) is 0.136. The standard InChI is InChI=1S/C22H20N4OS/c27-21(24-13-9-17-14-26-20-6-2-1-4-18(17)20)19-5-3-10-25-22(19)28-15-16-7-11-23-12-8-16/h1-8,10-12,14,26H,9,13,15H2,(H,24,27). The van der Waals surface area contributed by atoms with Gasteiger partial charge in [0.2, 0.25) is 0 Å². The van der Waals surface area contributed by atoms with E-state index < -0.39 is 0 Å². The van der Waals surface area contributed by atoms with E-state index in [1.807, 2.05) is 36.5 Å². The van der Waals surface area contributed by atoms with E-state index in [9.17, 15) is 4.79 Å². The van der Waals surface area contributed by atoms with Gasteiger partial charge < -0.3 is 10.3 Å². The highest BCUT2D eigenvalue weighted by molar-refractivity contribution is 7.98. The van der Waals surface area contributed by atoms with Crippen molar-refractivity contribution < 1.29 is 4.79 Å². The second-order valence-corrected chi connectivity index (χ2v) is 7.33. The number of hydrogen-bond donors (Lipinski definition) is 2. The zero-order chi connectivity index (χ0) is 19.2. The molecule has 0 spiro atoms. The van der Waals surface area contributed by atoms with E-state index in [1.165, 1.54) is 10.9 Å². The number of hydrogen-bond acceptors (Lipinski definition) is 4. The maximum Gasteiger partial charge on any atom is 0.254 e. The third-order valence-corrected chi connectivity index (χ3v) is 5.57. The third kappa shape index (κ3) is 4.23. The zero-order valence-corrected chi connectivity index (χ0v) is 16.1. The Bertz CT molecular complexity index is 1080. The van der Waals surface area contributed by atoms with E-state index in [4.69, 9.17) is 0 Å².